The Balaban J connectivity index is 1.25. The summed E-state index contributed by atoms with van der Waals surface area (Å²) in [6.07, 6.45) is 4.87. The fourth-order valence-electron chi connectivity index (χ4n) is 8.60. The molecule has 8 rings (SSSR count). The molecule has 8 nitrogen and oxygen atoms in total. The summed E-state index contributed by atoms with van der Waals surface area (Å²) in [4.78, 5) is 17.7. The Morgan fingerprint density at radius 2 is 1.81 bits per heavy atom. The quantitative estimate of drug-likeness (QED) is 0.232. The van der Waals surface area contributed by atoms with Crippen molar-refractivity contribution in [2.45, 2.75) is 75.9 Å². The van der Waals surface area contributed by atoms with Gasteiger partial charge in [0.05, 0.1) is 21.9 Å². The average Bonchev–Trinajstić information content (AvgIpc) is 3.24. The first kappa shape index (κ1) is 30.6. The van der Waals surface area contributed by atoms with Crippen molar-refractivity contribution in [2.75, 3.05) is 37.7 Å². The SMILES string of the molecule is CCc1c(F)ccc2cc(O)cc(-c3ncc4c(N5CCC[C@](C)(O)C5)nc(OCC56CCCN5CC5(C6)CC5(F)F)nc4c3F)c12. The molecule has 4 fully saturated rings. The first-order valence-electron chi connectivity index (χ1n) is 16.4. The van der Waals surface area contributed by atoms with Crippen LogP contribution in [0.3, 0.4) is 0 Å². The number of rotatable bonds is 6. The number of anilines is 1. The monoisotopic (exact) mass is 651 g/mol. The summed E-state index contributed by atoms with van der Waals surface area (Å²) in [7, 11) is 0. The third kappa shape index (κ3) is 4.81. The van der Waals surface area contributed by atoms with E-state index in [9.17, 15) is 23.4 Å². The van der Waals surface area contributed by atoms with Crippen LogP contribution in [-0.2, 0) is 6.42 Å². The minimum atomic E-state index is -2.68. The van der Waals surface area contributed by atoms with Crippen LogP contribution in [0.1, 0.15) is 57.9 Å². The second kappa shape index (κ2) is 10.4. The molecule has 4 aliphatic rings. The average molecular weight is 652 g/mol. The number of pyridine rings is 1. The van der Waals surface area contributed by atoms with Crippen molar-refractivity contribution in [2.24, 2.45) is 5.41 Å². The van der Waals surface area contributed by atoms with E-state index in [1.54, 1.807) is 13.8 Å². The van der Waals surface area contributed by atoms with Gasteiger partial charge in [-0.1, -0.05) is 13.0 Å². The third-order valence-electron chi connectivity index (χ3n) is 11.0. The molecule has 1 saturated carbocycles. The zero-order valence-corrected chi connectivity index (χ0v) is 26.4. The number of halogens is 4. The number of fused-ring (bicyclic) bond motifs is 3. The second-order valence-corrected chi connectivity index (χ2v) is 14.4. The summed E-state index contributed by atoms with van der Waals surface area (Å²) in [5, 5.41) is 22.8. The van der Waals surface area contributed by atoms with Crippen LogP contribution in [0, 0.1) is 17.0 Å². The smallest absolute Gasteiger partial charge is 0.319 e. The first-order chi connectivity index (χ1) is 22.3. The Bertz CT molecular complexity index is 1940. The van der Waals surface area contributed by atoms with Crippen LogP contribution >= 0.6 is 0 Å². The summed E-state index contributed by atoms with van der Waals surface area (Å²) in [6, 6.07) is 5.64. The summed E-state index contributed by atoms with van der Waals surface area (Å²) < 4.78 is 66.9. The maximum atomic E-state index is 16.8. The maximum Gasteiger partial charge on any atom is 0.319 e. The molecule has 0 bridgehead atoms. The lowest BCUT2D eigenvalue weighted by Gasteiger charge is -2.38. The van der Waals surface area contributed by atoms with E-state index in [0.29, 0.717) is 72.7 Å². The molecule has 0 amide bonds. The van der Waals surface area contributed by atoms with E-state index in [2.05, 4.69) is 14.9 Å². The highest BCUT2D eigenvalue weighted by molar-refractivity contribution is 6.01. The van der Waals surface area contributed by atoms with Gasteiger partial charge in [-0.25, -0.2) is 17.6 Å². The molecule has 2 aromatic heterocycles. The number of phenolic OH excluding ortho intramolecular Hbond substituents is 1. The molecule has 1 aliphatic carbocycles. The highest BCUT2D eigenvalue weighted by atomic mass is 19.3. The van der Waals surface area contributed by atoms with Gasteiger partial charge in [-0.3, -0.25) is 9.88 Å². The number of alkyl halides is 2. The number of aryl methyl sites for hydroxylation is 1. The fourth-order valence-corrected chi connectivity index (χ4v) is 8.60. The van der Waals surface area contributed by atoms with E-state index in [4.69, 9.17) is 9.72 Å². The largest absolute Gasteiger partial charge is 0.508 e. The van der Waals surface area contributed by atoms with Crippen LogP contribution in [0.15, 0.2) is 30.5 Å². The molecule has 47 heavy (non-hydrogen) atoms. The third-order valence-corrected chi connectivity index (χ3v) is 11.0. The Morgan fingerprint density at radius 1 is 1.02 bits per heavy atom. The van der Waals surface area contributed by atoms with Crippen molar-refractivity contribution in [3.63, 3.8) is 0 Å². The van der Waals surface area contributed by atoms with Gasteiger partial charge < -0.3 is 19.8 Å². The zero-order valence-electron chi connectivity index (χ0n) is 26.4. The van der Waals surface area contributed by atoms with Crippen molar-refractivity contribution in [1.82, 2.24) is 19.9 Å². The van der Waals surface area contributed by atoms with Gasteiger partial charge in [0.15, 0.2) is 5.82 Å². The van der Waals surface area contributed by atoms with E-state index >= 15 is 4.39 Å². The van der Waals surface area contributed by atoms with E-state index in [-0.39, 0.29) is 48.1 Å². The van der Waals surface area contributed by atoms with Crippen molar-refractivity contribution in [3.05, 3.63) is 47.7 Å². The van der Waals surface area contributed by atoms with Crippen LogP contribution in [0.4, 0.5) is 23.4 Å². The number of ether oxygens (including phenoxy) is 1. The molecule has 12 heteroatoms. The maximum absolute atomic E-state index is 16.8. The first-order valence-corrected chi connectivity index (χ1v) is 16.4. The Labute approximate surface area is 269 Å². The lowest BCUT2D eigenvalue weighted by Crippen LogP contribution is -2.46. The molecule has 248 valence electrons. The van der Waals surface area contributed by atoms with Crippen molar-refractivity contribution in [3.8, 4) is 23.0 Å². The van der Waals surface area contributed by atoms with Crippen molar-refractivity contribution in [1.29, 1.82) is 0 Å². The summed E-state index contributed by atoms with van der Waals surface area (Å²) in [5.41, 5.74) is -2.19. The molecule has 2 unspecified atom stereocenters. The number of nitrogens with zero attached hydrogens (tertiary/aromatic N) is 5. The number of aliphatic hydroxyl groups is 1. The molecule has 5 heterocycles. The van der Waals surface area contributed by atoms with E-state index < -0.39 is 34.1 Å². The normalized spacial score (nSPS) is 28.4. The number of piperidine rings is 1. The lowest BCUT2D eigenvalue weighted by atomic mass is 9.89. The zero-order chi connectivity index (χ0) is 32.9. The Morgan fingerprint density at radius 3 is 2.55 bits per heavy atom. The van der Waals surface area contributed by atoms with E-state index in [1.807, 2.05) is 4.90 Å². The Kier molecular flexibility index (Phi) is 6.74. The van der Waals surface area contributed by atoms with Gasteiger partial charge in [0.1, 0.15) is 35.2 Å². The number of aromatic nitrogens is 3. The molecule has 3 saturated heterocycles. The highest BCUT2D eigenvalue weighted by Crippen LogP contribution is 2.69. The van der Waals surface area contributed by atoms with E-state index in [0.717, 1.165) is 13.0 Å². The number of hydrogen-bond donors (Lipinski definition) is 2. The molecular formula is C35H37F4N5O3. The molecule has 2 aromatic carbocycles. The van der Waals surface area contributed by atoms with E-state index in [1.165, 1.54) is 30.5 Å². The van der Waals surface area contributed by atoms with Crippen LogP contribution in [0.25, 0.3) is 32.9 Å². The van der Waals surface area contributed by atoms with Gasteiger partial charge in [-0.2, -0.15) is 9.97 Å². The predicted molar refractivity (Wildman–Crippen MR) is 169 cm³/mol. The molecule has 1 spiro atoms. The lowest BCUT2D eigenvalue weighted by molar-refractivity contribution is 0.0446. The van der Waals surface area contributed by atoms with Gasteiger partial charge in [0.2, 0.25) is 0 Å². The molecule has 4 aromatic rings. The molecule has 3 atom stereocenters. The molecule has 3 aliphatic heterocycles. The second-order valence-electron chi connectivity index (χ2n) is 14.4. The predicted octanol–water partition coefficient (Wildman–Crippen LogP) is 6.38. The van der Waals surface area contributed by atoms with Crippen LogP contribution < -0.4 is 9.64 Å². The number of hydrogen-bond acceptors (Lipinski definition) is 8. The van der Waals surface area contributed by atoms with Crippen LogP contribution in [0.2, 0.25) is 0 Å². The van der Waals surface area contributed by atoms with Gasteiger partial charge in [0.25, 0.3) is 5.92 Å². The topological polar surface area (TPSA) is 94.8 Å². The number of aromatic hydroxyl groups is 1. The van der Waals surface area contributed by atoms with Gasteiger partial charge in [0, 0.05) is 37.8 Å². The number of β-amino-alcohol motifs (C(OH)–C–C–N with tert-alkyl or cyclic N) is 1. The van der Waals surface area contributed by atoms with Gasteiger partial charge in [-0.15, -0.1) is 0 Å². The van der Waals surface area contributed by atoms with Crippen LogP contribution in [-0.4, -0.2) is 79.9 Å². The molecule has 2 N–H and O–H groups in total. The standard InChI is InChI=1S/C35H37F4N5O3/c1-3-22-25(36)7-6-20-12-21(45)13-23(26(20)22)28-27(37)29-24(14-40-28)30(43-10-4-8-32(2,46)17-43)42-31(41-29)47-19-34-9-5-11-44(34)18-33(15-34)16-35(33,38)39/h6-7,12-14,45-46H,3-5,8-11,15-19H2,1-2H3/t32-,33?,34?/m0/s1. The molecule has 0 radical (unpaired) electrons. The van der Waals surface area contributed by atoms with Gasteiger partial charge in [-0.05, 0) is 86.5 Å². The summed E-state index contributed by atoms with van der Waals surface area (Å²) in [5.74, 6) is -3.69. The van der Waals surface area contributed by atoms with Gasteiger partial charge >= 0.3 is 6.01 Å². The summed E-state index contributed by atoms with van der Waals surface area (Å²) in [6.45, 7) is 5.48. The highest BCUT2D eigenvalue weighted by Gasteiger charge is 2.77. The summed E-state index contributed by atoms with van der Waals surface area (Å²) >= 11 is 0. The minimum absolute atomic E-state index is 0.0800. The minimum Gasteiger partial charge on any atom is -0.508 e. The Hall–Kier alpha value is -3.77. The fraction of sp³-hybridized carbons (Fsp3) is 0.514. The van der Waals surface area contributed by atoms with Crippen molar-refractivity contribution >= 4 is 27.5 Å². The molecular weight excluding hydrogens is 614 g/mol. The number of phenols is 1. The van der Waals surface area contributed by atoms with Crippen LogP contribution in [0.5, 0.6) is 11.8 Å². The number of benzene rings is 2. The van der Waals surface area contributed by atoms with Crippen molar-refractivity contribution < 1.29 is 32.5 Å².